The lowest BCUT2D eigenvalue weighted by Crippen LogP contribution is -2.42. The van der Waals surface area contributed by atoms with Gasteiger partial charge in [0.2, 0.25) is 0 Å². The minimum absolute atomic E-state index is 0.00893. The largest absolute Gasteiger partial charge is 0.508 e. The molecule has 0 aliphatic rings. The molecule has 0 bridgehead atoms. The smallest absolute Gasteiger partial charge is 0.118 e. The van der Waals surface area contributed by atoms with E-state index in [0.717, 1.165) is 18.4 Å². The molecule has 28 heavy (non-hydrogen) atoms. The van der Waals surface area contributed by atoms with Crippen LogP contribution in [0.5, 0.6) is 5.75 Å². The fourth-order valence-corrected chi connectivity index (χ4v) is 4.78. The topological polar surface area (TPSA) is 20.2 Å². The van der Waals surface area contributed by atoms with Crippen LogP contribution in [0.3, 0.4) is 0 Å². The number of benzene rings is 3. The summed E-state index contributed by atoms with van der Waals surface area (Å²) < 4.78 is 0. The summed E-state index contributed by atoms with van der Waals surface area (Å²) >= 11 is 0. The van der Waals surface area contributed by atoms with Gasteiger partial charge in [-0.2, -0.15) is 0 Å². The molecule has 0 saturated carbocycles. The van der Waals surface area contributed by atoms with E-state index in [1.165, 1.54) is 11.1 Å². The van der Waals surface area contributed by atoms with Crippen LogP contribution in [0.1, 0.15) is 50.8 Å². The Hall–Kier alpha value is -2.54. The molecule has 0 unspecified atom stereocenters. The second-order valence-electron chi connectivity index (χ2n) is 8.90. The van der Waals surface area contributed by atoms with Gasteiger partial charge in [0.25, 0.3) is 0 Å². The zero-order chi connectivity index (χ0) is 20.2. The van der Waals surface area contributed by atoms with Gasteiger partial charge in [0, 0.05) is 0 Å². The van der Waals surface area contributed by atoms with Crippen molar-refractivity contribution in [2.45, 2.75) is 51.4 Å². The first-order valence-corrected chi connectivity index (χ1v) is 10.2. The van der Waals surface area contributed by atoms with Crippen molar-refractivity contribution in [3.05, 3.63) is 102 Å². The summed E-state index contributed by atoms with van der Waals surface area (Å²) in [6, 6.07) is 29.4. The predicted octanol–water partition coefficient (Wildman–Crippen LogP) is 6.90. The van der Waals surface area contributed by atoms with Gasteiger partial charge in [-0.3, -0.25) is 0 Å². The highest BCUT2D eigenvalue weighted by Crippen LogP contribution is 2.47. The molecule has 1 N–H and O–H groups in total. The Morgan fingerprint density at radius 2 is 1.07 bits per heavy atom. The van der Waals surface area contributed by atoms with Gasteiger partial charge in [-0.25, -0.2) is 0 Å². The molecule has 0 aliphatic heterocycles. The number of phenols is 1. The van der Waals surface area contributed by atoms with E-state index >= 15 is 0 Å². The second-order valence-corrected chi connectivity index (χ2v) is 8.90. The van der Waals surface area contributed by atoms with Crippen LogP contribution in [0.25, 0.3) is 0 Å². The molecule has 3 aromatic carbocycles. The monoisotopic (exact) mass is 372 g/mol. The first-order valence-electron chi connectivity index (χ1n) is 10.2. The number of aryl methyl sites for hydroxylation is 1. The van der Waals surface area contributed by atoms with Crippen molar-refractivity contribution < 1.29 is 5.11 Å². The Labute approximate surface area is 170 Å². The Morgan fingerprint density at radius 1 is 0.643 bits per heavy atom. The van der Waals surface area contributed by atoms with Gasteiger partial charge in [-0.15, -0.1) is 0 Å². The van der Waals surface area contributed by atoms with E-state index in [1.54, 1.807) is 6.07 Å². The molecule has 0 heterocycles. The summed E-state index contributed by atoms with van der Waals surface area (Å²) in [5.41, 5.74) is 3.73. The summed E-state index contributed by atoms with van der Waals surface area (Å²) in [6.45, 7) is 9.45. The number of rotatable bonds is 7. The normalized spacial score (nSPS) is 12.3. The first-order chi connectivity index (χ1) is 13.3. The van der Waals surface area contributed by atoms with Crippen LogP contribution in [-0.2, 0) is 17.3 Å². The average molecular weight is 373 g/mol. The number of para-hydroxylation sites is 1. The number of aromatic hydroxyl groups is 1. The van der Waals surface area contributed by atoms with E-state index in [0.29, 0.717) is 11.7 Å². The zero-order valence-corrected chi connectivity index (χ0v) is 17.5. The van der Waals surface area contributed by atoms with Crippen LogP contribution >= 0.6 is 0 Å². The molecular formula is C27H32O. The molecule has 0 atom stereocenters. The highest BCUT2D eigenvalue weighted by atomic mass is 16.3. The van der Waals surface area contributed by atoms with Gasteiger partial charge in [0.1, 0.15) is 5.75 Å². The van der Waals surface area contributed by atoms with Crippen molar-refractivity contribution in [1.82, 2.24) is 0 Å². The predicted molar refractivity (Wildman–Crippen MR) is 119 cm³/mol. The van der Waals surface area contributed by atoms with Gasteiger partial charge in [-0.05, 0) is 52.3 Å². The maximum Gasteiger partial charge on any atom is 0.118 e. The molecule has 0 amide bonds. The lowest BCUT2D eigenvalue weighted by atomic mass is 9.58. The van der Waals surface area contributed by atoms with Gasteiger partial charge in [-0.1, -0.05) is 107 Å². The lowest BCUT2D eigenvalue weighted by molar-refractivity contribution is 0.186. The minimum Gasteiger partial charge on any atom is -0.508 e. The van der Waals surface area contributed by atoms with Crippen LogP contribution < -0.4 is 0 Å². The van der Waals surface area contributed by atoms with Crippen LogP contribution in [-0.4, -0.2) is 5.11 Å². The molecular weight excluding hydrogens is 340 g/mol. The second kappa shape index (κ2) is 8.22. The van der Waals surface area contributed by atoms with Crippen molar-refractivity contribution >= 4 is 0 Å². The SMILES string of the molecule is CC(C)(c1ccccc1)C(CCc1ccccc1O)C(C)(C)c1ccccc1. The number of hydrogen-bond donors (Lipinski definition) is 1. The van der Waals surface area contributed by atoms with Gasteiger partial charge in [0.15, 0.2) is 0 Å². The summed E-state index contributed by atoms with van der Waals surface area (Å²) in [5, 5.41) is 10.3. The molecule has 0 spiro atoms. The lowest BCUT2D eigenvalue weighted by Gasteiger charge is -2.46. The average Bonchev–Trinajstić information content (AvgIpc) is 2.70. The molecule has 3 rings (SSSR count). The van der Waals surface area contributed by atoms with Crippen LogP contribution in [0.15, 0.2) is 84.9 Å². The molecule has 1 heteroatoms. The molecule has 0 radical (unpaired) electrons. The van der Waals surface area contributed by atoms with Gasteiger partial charge in [0.05, 0.1) is 0 Å². The molecule has 0 fully saturated rings. The van der Waals surface area contributed by atoms with E-state index in [-0.39, 0.29) is 10.8 Å². The van der Waals surface area contributed by atoms with Crippen molar-refractivity contribution in [1.29, 1.82) is 0 Å². The van der Waals surface area contributed by atoms with Gasteiger partial charge < -0.3 is 5.11 Å². The molecule has 1 nitrogen and oxygen atoms in total. The van der Waals surface area contributed by atoms with Gasteiger partial charge >= 0.3 is 0 Å². The highest BCUT2D eigenvalue weighted by molar-refractivity contribution is 5.34. The van der Waals surface area contributed by atoms with E-state index in [9.17, 15) is 5.11 Å². The Kier molecular flexibility index (Phi) is 5.93. The van der Waals surface area contributed by atoms with Crippen LogP contribution in [0, 0.1) is 5.92 Å². The maximum absolute atomic E-state index is 10.3. The van der Waals surface area contributed by atoms with E-state index in [1.807, 2.05) is 18.2 Å². The molecule has 0 aliphatic carbocycles. The Balaban J connectivity index is 2.00. The Bertz CT molecular complexity index is 827. The molecule has 0 saturated heterocycles. The van der Waals surface area contributed by atoms with E-state index in [4.69, 9.17) is 0 Å². The summed E-state index contributed by atoms with van der Waals surface area (Å²) in [5.74, 6) is 0.792. The molecule has 146 valence electrons. The van der Waals surface area contributed by atoms with Crippen LogP contribution in [0.4, 0.5) is 0 Å². The fourth-order valence-electron chi connectivity index (χ4n) is 4.78. The zero-order valence-electron chi connectivity index (χ0n) is 17.5. The number of phenolic OH excluding ortho intramolecular Hbond substituents is 1. The molecule has 0 aromatic heterocycles. The first kappa shape index (κ1) is 20.2. The standard InChI is InChI=1S/C27H32O/c1-26(2,22-14-7-5-8-15-22)25(20-19-21-13-11-12-18-24(21)28)27(3,4)23-16-9-6-10-17-23/h5-18,25,28H,19-20H2,1-4H3. The maximum atomic E-state index is 10.3. The third-order valence-corrected chi connectivity index (χ3v) is 6.47. The fraction of sp³-hybridized carbons (Fsp3) is 0.333. The van der Waals surface area contributed by atoms with Crippen molar-refractivity contribution in [3.63, 3.8) is 0 Å². The third kappa shape index (κ3) is 4.14. The van der Waals surface area contributed by atoms with Crippen molar-refractivity contribution in [2.75, 3.05) is 0 Å². The van der Waals surface area contributed by atoms with Crippen LogP contribution in [0.2, 0.25) is 0 Å². The Morgan fingerprint density at radius 3 is 1.54 bits per heavy atom. The quantitative estimate of drug-likeness (QED) is 0.478. The number of hydrogen-bond acceptors (Lipinski definition) is 1. The summed E-state index contributed by atoms with van der Waals surface area (Å²) in [6.07, 6.45) is 1.87. The van der Waals surface area contributed by atoms with Crippen molar-refractivity contribution in [3.8, 4) is 5.75 Å². The summed E-state index contributed by atoms with van der Waals surface area (Å²) in [7, 11) is 0. The minimum atomic E-state index is -0.00893. The van der Waals surface area contributed by atoms with E-state index < -0.39 is 0 Å². The summed E-state index contributed by atoms with van der Waals surface area (Å²) in [4.78, 5) is 0. The third-order valence-electron chi connectivity index (χ3n) is 6.47. The van der Waals surface area contributed by atoms with E-state index in [2.05, 4.69) is 88.4 Å². The molecule has 3 aromatic rings. The van der Waals surface area contributed by atoms with Crippen molar-refractivity contribution in [2.24, 2.45) is 5.92 Å². The highest BCUT2D eigenvalue weighted by Gasteiger charge is 2.42.